The summed E-state index contributed by atoms with van der Waals surface area (Å²) in [5, 5.41) is 30.1. The Bertz CT molecular complexity index is 1120. The first kappa shape index (κ1) is 23.0. The SMILES string of the molecule is CCCc1c(OCc2ccc(C(O)c3cc(C(=O)O)ccn3)cc2)ccc(C(C)=O)c1O. The fourth-order valence-electron chi connectivity index (χ4n) is 3.39. The number of hydrogen-bond acceptors (Lipinski definition) is 6. The Labute approximate surface area is 186 Å². The average Bonchev–Trinajstić information content (AvgIpc) is 2.79. The lowest BCUT2D eigenvalue weighted by atomic mass is 10.0. The summed E-state index contributed by atoms with van der Waals surface area (Å²) in [6, 6.07) is 13.0. The number of phenolic OH excluding ortho intramolecular Hbond substituents is 1. The maximum Gasteiger partial charge on any atom is 0.335 e. The van der Waals surface area contributed by atoms with Gasteiger partial charge in [-0.1, -0.05) is 37.6 Å². The molecule has 1 aromatic heterocycles. The number of aromatic hydroxyl groups is 1. The van der Waals surface area contributed by atoms with E-state index in [0.717, 1.165) is 12.0 Å². The largest absolute Gasteiger partial charge is 0.507 e. The van der Waals surface area contributed by atoms with Gasteiger partial charge >= 0.3 is 5.97 Å². The van der Waals surface area contributed by atoms with Gasteiger partial charge in [-0.2, -0.15) is 0 Å². The molecule has 3 N–H and O–H groups in total. The van der Waals surface area contributed by atoms with E-state index in [0.29, 0.717) is 23.3 Å². The monoisotopic (exact) mass is 435 g/mol. The van der Waals surface area contributed by atoms with Crippen LogP contribution in [0.3, 0.4) is 0 Å². The molecule has 0 saturated heterocycles. The molecule has 7 heteroatoms. The summed E-state index contributed by atoms with van der Waals surface area (Å²) in [6.45, 7) is 3.63. The number of carbonyl (C=O) groups excluding carboxylic acids is 1. The maximum atomic E-state index is 11.7. The van der Waals surface area contributed by atoms with E-state index < -0.39 is 12.1 Å². The number of aliphatic hydroxyl groups excluding tert-OH is 1. The van der Waals surface area contributed by atoms with Crippen molar-refractivity contribution in [3.05, 3.63) is 88.2 Å². The molecule has 1 unspecified atom stereocenters. The van der Waals surface area contributed by atoms with Gasteiger partial charge in [0.25, 0.3) is 0 Å². The topological polar surface area (TPSA) is 117 Å². The number of ether oxygens (including phenoxy) is 1. The van der Waals surface area contributed by atoms with E-state index in [1.807, 2.05) is 6.92 Å². The number of aliphatic hydroxyl groups is 1. The summed E-state index contributed by atoms with van der Waals surface area (Å²) in [4.78, 5) is 26.9. The molecule has 0 fully saturated rings. The highest BCUT2D eigenvalue weighted by atomic mass is 16.5. The number of carbonyl (C=O) groups is 2. The summed E-state index contributed by atoms with van der Waals surface area (Å²) in [7, 11) is 0. The lowest BCUT2D eigenvalue weighted by Crippen LogP contribution is -2.06. The molecule has 0 aliphatic carbocycles. The minimum Gasteiger partial charge on any atom is -0.507 e. The van der Waals surface area contributed by atoms with E-state index >= 15 is 0 Å². The zero-order valence-corrected chi connectivity index (χ0v) is 17.9. The van der Waals surface area contributed by atoms with Crippen molar-refractivity contribution >= 4 is 11.8 Å². The molecule has 7 nitrogen and oxygen atoms in total. The second-order valence-corrected chi connectivity index (χ2v) is 7.45. The molecule has 0 saturated carbocycles. The van der Waals surface area contributed by atoms with Crippen LogP contribution in [-0.2, 0) is 13.0 Å². The Morgan fingerprint density at radius 1 is 1.09 bits per heavy atom. The molecule has 2 aromatic carbocycles. The summed E-state index contributed by atoms with van der Waals surface area (Å²) < 4.78 is 5.91. The van der Waals surface area contributed by atoms with Crippen LogP contribution in [0.1, 0.15) is 69.5 Å². The van der Waals surface area contributed by atoms with E-state index in [1.54, 1.807) is 36.4 Å². The molecular formula is C25H25NO6. The highest BCUT2D eigenvalue weighted by molar-refractivity contribution is 5.97. The summed E-state index contributed by atoms with van der Waals surface area (Å²) in [5.41, 5.74) is 2.60. The zero-order chi connectivity index (χ0) is 23.3. The number of ketones is 1. The van der Waals surface area contributed by atoms with Crippen molar-refractivity contribution in [2.75, 3.05) is 0 Å². The summed E-state index contributed by atoms with van der Waals surface area (Å²) in [5.74, 6) is -0.804. The molecular weight excluding hydrogens is 410 g/mol. The minimum absolute atomic E-state index is 0.0357. The standard InChI is InChI=1S/C25H25NO6/c1-3-4-20-22(10-9-19(15(2)27)24(20)29)32-14-16-5-7-17(8-6-16)23(28)21-13-18(25(30)31)11-12-26-21/h5-13,23,28-29H,3-4,14H2,1-2H3,(H,30,31). The molecule has 1 heterocycles. The number of pyridine rings is 1. The van der Waals surface area contributed by atoms with E-state index in [2.05, 4.69) is 4.98 Å². The van der Waals surface area contributed by atoms with Crippen LogP contribution in [0.4, 0.5) is 0 Å². The minimum atomic E-state index is -1.09. The van der Waals surface area contributed by atoms with Gasteiger partial charge in [0.05, 0.1) is 16.8 Å². The van der Waals surface area contributed by atoms with Crippen LogP contribution in [0.2, 0.25) is 0 Å². The molecule has 0 radical (unpaired) electrons. The molecule has 0 spiro atoms. The summed E-state index contributed by atoms with van der Waals surface area (Å²) in [6.07, 6.45) is 1.66. The Balaban J connectivity index is 1.74. The quantitative estimate of drug-likeness (QED) is 0.429. The van der Waals surface area contributed by atoms with Gasteiger partial charge < -0.3 is 20.1 Å². The zero-order valence-electron chi connectivity index (χ0n) is 17.9. The third kappa shape index (κ3) is 5.12. The van der Waals surface area contributed by atoms with Crippen molar-refractivity contribution in [1.82, 2.24) is 4.98 Å². The van der Waals surface area contributed by atoms with Crippen LogP contribution in [0.15, 0.2) is 54.7 Å². The predicted molar refractivity (Wildman–Crippen MR) is 118 cm³/mol. The highest BCUT2D eigenvalue weighted by Crippen LogP contribution is 2.33. The molecule has 32 heavy (non-hydrogen) atoms. The molecule has 3 rings (SSSR count). The normalized spacial score (nSPS) is 11.7. The number of hydrogen-bond donors (Lipinski definition) is 3. The van der Waals surface area contributed by atoms with Crippen LogP contribution < -0.4 is 4.74 Å². The van der Waals surface area contributed by atoms with Crippen molar-refractivity contribution in [2.45, 2.75) is 39.4 Å². The Hall–Kier alpha value is -3.71. The van der Waals surface area contributed by atoms with E-state index in [-0.39, 0.29) is 35.0 Å². The second kappa shape index (κ2) is 10.1. The van der Waals surface area contributed by atoms with Gasteiger partial charge in [-0.05, 0) is 48.7 Å². The van der Waals surface area contributed by atoms with Crippen LogP contribution >= 0.6 is 0 Å². The number of aromatic carboxylic acids is 1. The second-order valence-electron chi connectivity index (χ2n) is 7.45. The van der Waals surface area contributed by atoms with Crippen LogP contribution in [0.25, 0.3) is 0 Å². The van der Waals surface area contributed by atoms with E-state index in [1.165, 1.54) is 25.3 Å². The lowest BCUT2D eigenvalue weighted by Gasteiger charge is -2.15. The number of rotatable bonds is 9. The van der Waals surface area contributed by atoms with Gasteiger partial charge in [-0.3, -0.25) is 9.78 Å². The third-order valence-corrected chi connectivity index (χ3v) is 5.12. The van der Waals surface area contributed by atoms with Crippen molar-refractivity contribution in [2.24, 2.45) is 0 Å². The predicted octanol–water partition coefficient (Wildman–Crippen LogP) is 4.30. The van der Waals surface area contributed by atoms with E-state index in [4.69, 9.17) is 9.84 Å². The maximum absolute atomic E-state index is 11.7. The molecule has 3 aromatic rings. The first-order chi connectivity index (χ1) is 15.3. The number of carboxylic acid groups (broad SMARTS) is 1. The van der Waals surface area contributed by atoms with Crippen molar-refractivity contribution in [3.63, 3.8) is 0 Å². The molecule has 0 aliphatic heterocycles. The van der Waals surface area contributed by atoms with Crippen LogP contribution in [0.5, 0.6) is 11.5 Å². The highest BCUT2D eigenvalue weighted by Gasteiger charge is 2.17. The Morgan fingerprint density at radius 2 is 1.81 bits per heavy atom. The number of Topliss-reactive ketones (excluding diaryl/α,β-unsaturated/α-hetero) is 1. The van der Waals surface area contributed by atoms with E-state index in [9.17, 15) is 19.8 Å². The van der Waals surface area contributed by atoms with Gasteiger partial charge in [0.1, 0.15) is 24.2 Å². The number of phenols is 1. The fraction of sp³-hybridized carbons (Fsp3) is 0.240. The Morgan fingerprint density at radius 3 is 2.44 bits per heavy atom. The van der Waals surface area contributed by atoms with Gasteiger partial charge in [0, 0.05) is 11.8 Å². The van der Waals surface area contributed by atoms with Gasteiger partial charge in [-0.15, -0.1) is 0 Å². The molecule has 0 bridgehead atoms. The molecule has 0 amide bonds. The van der Waals surface area contributed by atoms with Gasteiger partial charge in [-0.25, -0.2) is 4.79 Å². The fourth-order valence-corrected chi connectivity index (χ4v) is 3.39. The van der Waals surface area contributed by atoms with Crippen LogP contribution in [-0.4, -0.2) is 32.1 Å². The molecule has 1 atom stereocenters. The number of aromatic nitrogens is 1. The number of carboxylic acids is 1. The lowest BCUT2D eigenvalue weighted by molar-refractivity contribution is 0.0696. The Kier molecular flexibility index (Phi) is 7.22. The molecule has 166 valence electrons. The first-order valence-corrected chi connectivity index (χ1v) is 10.3. The molecule has 0 aliphatic rings. The summed E-state index contributed by atoms with van der Waals surface area (Å²) >= 11 is 0. The smallest absolute Gasteiger partial charge is 0.335 e. The van der Waals surface area contributed by atoms with Crippen molar-refractivity contribution < 1.29 is 29.6 Å². The number of nitrogens with zero attached hydrogens (tertiary/aromatic N) is 1. The van der Waals surface area contributed by atoms with Crippen LogP contribution in [0, 0.1) is 0 Å². The first-order valence-electron chi connectivity index (χ1n) is 10.3. The van der Waals surface area contributed by atoms with Crippen molar-refractivity contribution in [3.8, 4) is 11.5 Å². The van der Waals surface area contributed by atoms with Crippen molar-refractivity contribution in [1.29, 1.82) is 0 Å². The third-order valence-electron chi connectivity index (χ3n) is 5.12. The number of benzene rings is 2. The average molecular weight is 435 g/mol. The van der Waals surface area contributed by atoms with Gasteiger partial charge in [0.2, 0.25) is 0 Å². The van der Waals surface area contributed by atoms with Gasteiger partial charge in [0.15, 0.2) is 5.78 Å².